The highest BCUT2D eigenvalue weighted by molar-refractivity contribution is 5.94. The zero-order chi connectivity index (χ0) is 22.6. The predicted molar refractivity (Wildman–Crippen MR) is 130 cm³/mol. The fourth-order valence-corrected chi connectivity index (χ4v) is 4.54. The molecule has 0 unspecified atom stereocenters. The van der Waals surface area contributed by atoms with Crippen molar-refractivity contribution in [3.63, 3.8) is 0 Å². The minimum Gasteiger partial charge on any atom is -0.352 e. The second kappa shape index (κ2) is 9.32. The molecule has 1 aliphatic carbocycles. The number of pyridine rings is 2. The predicted octanol–water partition coefficient (Wildman–Crippen LogP) is 4.74. The first kappa shape index (κ1) is 21.0. The summed E-state index contributed by atoms with van der Waals surface area (Å²) in [5.74, 6) is 0.586. The van der Waals surface area contributed by atoms with Crippen LogP contribution in [0.4, 0.5) is 11.4 Å². The highest BCUT2D eigenvalue weighted by atomic mass is 16.1. The number of hydrogen-bond acceptors (Lipinski definition) is 4. The molecule has 33 heavy (non-hydrogen) atoms. The molecule has 5 rings (SSSR count). The van der Waals surface area contributed by atoms with Crippen LogP contribution in [0, 0.1) is 5.92 Å². The highest BCUT2D eigenvalue weighted by Gasteiger charge is 2.15. The maximum absolute atomic E-state index is 12.5. The summed E-state index contributed by atoms with van der Waals surface area (Å²) in [4.78, 5) is 31.4. The molecule has 0 atom stereocenters. The second-order valence-corrected chi connectivity index (χ2v) is 8.61. The molecule has 1 aromatic carbocycles. The summed E-state index contributed by atoms with van der Waals surface area (Å²) in [7, 11) is 0. The minimum atomic E-state index is -0.147. The van der Waals surface area contributed by atoms with E-state index in [4.69, 9.17) is 0 Å². The van der Waals surface area contributed by atoms with E-state index in [0.29, 0.717) is 11.5 Å². The number of imidazole rings is 1. The van der Waals surface area contributed by atoms with Crippen LogP contribution in [0.25, 0.3) is 16.9 Å². The Morgan fingerprint density at radius 3 is 2.67 bits per heavy atom. The van der Waals surface area contributed by atoms with E-state index in [1.807, 2.05) is 53.1 Å². The summed E-state index contributed by atoms with van der Waals surface area (Å²) >= 11 is 0. The fraction of sp³-hybridized carbons (Fsp3) is 0.269. The molecule has 0 spiro atoms. The largest absolute Gasteiger partial charge is 0.352 e. The number of hydrogen-bond donors (Lipinski definition) is 3. The molecule has 4 aromatic rings. The van der Waals surface area contributed by atoms with E-state index in [1.54, 1.807) is 18.5 Å². The zero-order valence-corrected chi connectivity index (χ0v) is 18.4. The van der Waals surface area contributed by atoms with Crippen molar-refractivity contribution in [1.82, 2.24) is 19.7 Å². The summed E-state index contributed by atoms with van der Waals surface area (Å²) in [5.41, 5.74) is 4.66. The number of nitrogens with one attached hydrogen (secondary N) is 3. The summed E-state index contributed by atoms with van der Waals surface area (Å²) in [6.07, 6.45) is 11.5. The molecular weight excluding hydrogens is 414 g/mol. The Balaban J connectivity index is 1.30. The van der Waals surface area contributed by atoms with Gasteiger partial charge in [0.1, 0.15) is 0 Å². The number of aromatic nitrogens is 3. The van der Waals surface area contributed by atoms with Gasteiger partial charge in [0.15, 0.2) is 5.65 Å². The molecule has 1 amide bonds. The molecule has 0 radical (unpaired) electrons. The molecule has 1 saturated carbocycles. The number of carbonyl (C=O) groups excluding carboxylic acids is 1. The van der Waals surface area contributed by atoms with E-state index in [0.717, 1.165) is 34.8 Å². The van der Waals surface area contributed by atoms with E-state index in [9.17, 15) is 9.59 Å². The molecule has 1 fully saturated rings. The van der Waals surface area contributed by atoms with E-state index in [-0.39, 0.29) is 11.5 Å². The van der Waals surface area contributed by atoms with Crippen LogP contribution in [-0.4, -0.2) is 26.8 Å². The second-order valence-electron chi connectivity index (χ2n) is 8.61. The van der Waals surface area contributed by atoms with Crippen LogP contribution in [0.5, 0.6) is 0 Å². The number of benzene rings is 1. The molecule has 1 aliphatic rings. The third kappa shape index (κ3) is 4.67. The Bertz CT molecular complexity index is 1320. The summed E-state index contributed by atoms with van der Waals surface area (Å²) < 4.78 is 1.95. The third-order valence-corrected chi connectivity index (χ3v) is 6.32. The van der Waals surface area contributed by atoms with Crippen molar-refractivity contribution < 1.29 is 4.79 Å². The number of aromatic amines is 1. The molecule has 7 heteroatoms. The molecule has 0 aliphatic heterocycles. The number of fused-ring (bicyclic) bond motifs is 1. The Hall–Kier alpha value is -3.87. The van der Waals surface area contributed by atoms with E-state index < -0.39 is 0 Å². The molecule has 3 N–H and O–H groups in total. The number of amides is 1. The lowest BCUT2D eigenvalue weighted by molar-refractivity contribution is 0.0943. The molecule has 0 saturated heterocycles. The molecule has 7 nitrogen and oxygen atoms in total. The van der Waals surface area contributed by atoms with Gasteiger partial charge in [-0.15, -0.1) is 0 Å². The lowest BCUT2D eigenvalue weighted by atomic mass is 9.89. The smallest absolute Gasteiger partial charge is 0.251 e. The first-order valence-corrected chi connectivity index (χ1v) is 11.5. The maximum atomic E-state index is 12.5. The van der Waals surface area contributed by atoms with Crippen molar-refractivity contribution in [3.05, 3.63) is 83.0 Å². The van der Waals surface area contributed by atoms with Gasteiger partial charge < -0.3 is 15.6 Å². The van der Waals surface area contributed by atoms with Gasteiger partial charge in [0, 0.05) is 48.0 Å². The average Bonchev–Trinajstić information content (AvgIpc) is 3.34. The van der Waals surface area contributed by atoms with Gasteiger partial charge in [0.25, 0.3) is 5.91 Å². The number of nitrogens with zero attached hydrogens (tertiary/aromatic N) is 2. The maximum Gasteiger partial charge on any atom is 0.251 e. The van der Waals surface area contributed by atoms with Gasteiger partial charge in [0.05, 0.1) is 11.4 Å². The molecule has 3 heterocycles. The molecule has 0 bridgehead atoms. The summed E-state index contributed by atoms with van der Waals surface area (Å²) in [6.45, 7) is 0.760. The van der Waals surface area contributed by atoms with E-state index in [1.165, 1.54) is 32.1 Å². The zero-order valence-electron chi connectivity index (χ0n) is 18.4. The topological polar surface area (TPSA) is 91.3 Å². The van der Waals surface area contributed by atoms with Gasteiger partial charge in [0.2, 0.25) is 5.56 Å². The van der Waals surface area contributed by atoms with Crippen LogP contribution in [-0.2, 0) is 0 Å². The number of anilines is 2. The first-order valence-electron chi connectivity index (χ1n) is 11.5. The summed E-state index contributed by atoms with van der Waals surface area (Å²) in [5, 5.41) is 6.48. The number of carbonyl (C=O) groups is 1. The Morgan fingerprint density at radius 1 is 1.06 bits per heavy atom. The SMILES string of the molecule is O=C(NCC1CCCCC1)c1ccc(Nc2ccc(-c3cc[nH]c(=O)c3)n3ccnc23)cc1. The van der Waals surface area contributed by atoms with Crippen LogP contribution >= 0.6 is 0 Å². The van der Waals surface area contributed by atoms with Crippen molar-refractivity contribution in [3.8, 4) is 11.3 Å². The monoisotopic (exact) mass is 441 g/mol. The van der Waals surface area contributed by atoms with Gasteiger partial charge in [-0.1, -0.05) is 19.3 Å². The van der Waals surface area contributed by atoms with Crippen molar-refractivity contribution in [2.75, 3.05) is 11.9 Å². The Morgan fingerprint density at radius 2 is 1.88 bits per heavy atom. The van der Waals surface area contributed by atoms with E-state index in [2.05, 4.69) is 20.6 Å². The van der Waals surface area contributed by atoms with Crippen LogP contribution in [0.2, 0.25) is 0 Å². The molecule has 168 valence electrons. The van der Waals surface area contributed by atoms with Crippen molar-refractivity contribution in [2.24, 2.45) is 5.92 Å². The first-order chi connectivity index (χ1) is 16.2. The van der Waals surface area contributed by atoms with Crippen LogP contribution in [0.15, 0.2) is 71.9 Å². The van der Waals surface area contributed by atoms with Crippen molar-refractivity contribution in [1.29, 1.82) is 0 Å². The van der Waals surface area contributed by atoms with Crippen molar-refractivity contribution >= 4 is 22.9 Å². The molecular formula is C26H27N5O2. The lowest BCUT2D eigenvalue weighted by Crippen LogP contribution is -2.30. The fourth-order valence-electron chi connectivity index (χ4n) is 4.54. The normalized spacial score (nSPS) is 14.3. The van der Waals surface area contributed by atoms with Crippen LogP contribution in [0.1, 0.15) is 42.5 Å². The number of rotatable bonds is 6. The highest BCUT2D eigenvalue weighted by Crippen LogP contribution is 2.27. The van der Waals surface area contributed by atoms with Gasteiger partial charge >= 0.3 is 0 Å². The Labute approximate surface area is 191 Å². The van der Waals surface area contributed by atoms with Gasteiger partial charge in [-0.25, -0.2) is 4.98 Å². The van der Waals surface area contributed by atoms with Crippen LogP contribution < -0.4 is 16.2 Å². The van der Waals surface area contributed by atoms with Crippen LogP contribution in [0.3, 0.4) is 0 Å². The molecule has 3 aromatic heterocycles. The minimum absolute atomic E-state index is 0.0232. The average molecular weight is 442 g/mol. The van der Waals surface area contributed by atoms with Crippen molar-refractivity contribution in [2.45, 2.75) is 32.1 Å². The third-order valence-electron chi connectivity index (χ3n) is 6.32. The van der Waals surface area contributed by atoms with Gasteiger partial charge in [-0.05, 0) is 61.2 Å². The lowest BCUT2D eigenvalue weighted by Gasteiger charge is -2.21. The Kier molecular flexibility index (Phi) is 5.93. The number of H-pyrrole nitrogens is 1. The summed E-state index contributed by atoms with van der Waals surface area (Å²) in [6, 6.07) is 14.8. The standard InChI is InChI=1S/C26H27N5O2/c32-24-16-20(12-13-27-24)23-11-10-22(25-28-14-15-31(23)25)30-21-8-6-19(7-9-21)26(33)29-17-18-4-2-1-3-5-18/h6-16,18,30H,1-5,17H2,(H,27,32)(H,29,33). The quantitative estimate of drug-likeness (QED) is 0.403. The van der Waals surface area contributed by atoms with E-state index >= 15 is 0 Å². The van der Waals surface area contributed by atoms with Gasteiger partial charge in [-0.3, -0.25) is 14.0 Å². The van der Waals surface area contributed by atoms with Gasteiger partial charge in [-0.2, -0.15) is 0 Å².